The highest BCUT2D eigenvalue weighted by atomic mass is 16.1. The molecule has 0 aliphatic heterocycles. The molecule has 1 aromatic rings. The second-order valence-corrected chi connectivity index (χ2v) is 3.91. The van der Waals surface area contributed by atoms with Crippen LogP contribution in [-0.2, 0) is 4.79 Å². The molecule has 0 spiro atoms. The molecule has 1 aliphatic rings. The van der Waals surface area contributed by atoms with Crippen molar-refractivity contribution in [1.82, 2.24) is 0 Å². The lowest BCUT2D eigenvalue weighted by Gasteiger charge is -2.24. The Morgan fingerprint density at radius 3 is 2.64 bits per heavy atom. The molecule has 0 saturated heterocycles. The van der Waals surface area contributed by atoms with Crippen molar-refractivity contribution in [2.75, 3.05) is 0 Å². The van der Waals surface area contributed by atoms with E-state index in [4.69, 9.17) is 0 Å². The normalized spacial score (nSPS) is 26.5. The van der Waals surface area contributed by atoms with Gasteiger partial charge in [0.15, 0.2) is 5.78 Å². The van der Waals surface area contributed by atoms with E-state index < -0.39 is 0 Å². The first-order valence-corrected chi connectivity index (χ1v) is 5.03. The van der Waals surface area contributed by atoms with E-state index in [1.807, 2.05) is 24.3 Å². The number of benzene rings is 1. The van der Waals surface area contributed by atoms with Crippen molar-refractivity contribution in [3.63, 3.8) is 0 Å². The topological polar surface area (TPSA) is 17.1 Å². The molecule has 1 nitrogen and oxygen atoms in total. The molecule has 72 valence electrons. The number of carbonyl (C=O) groups is 1. The van der Waals surface area contributed by atoms with Gasteiger partial charge in [0, 0.05) is 6.42 Å². The molecule has 0 N–H and O–H groups in total. The van der Waals surface area contributed by atoms with E-state index in [9.17, 15) is 4.79 Å². The fourth-order valence-corrected chi connectivity index (χ4v) is 1.99. The van der Waals surface area contributed by atoms with E-state index in [0.29, 0.717) is 18.3 Å². The summed E-state index contributed by atoms with van der Waals surface area (Å²) in [6.45, 7) is 2.17. The molecule has 0 heterocycles. The fourth-order valence-electron chi connectivity index (χ4n) is 1.99. The molecule has 1 aromatic carbocycles. The summed E-state index contributed by atoms with van der Waals surface area (Å²) in [7, 11) is 0. The van der Waals surface area contributed by atoms with Gasteiger partial charge < -0.3 is 0 Å². The van der Waals surface area contributed by atoms with Gasteiger partial charge in [0.25, 0.3) is 0 Å². The van der Waals surface area contributed by atoms with E-state index >= 15 is 0 Å². The highest BCUT2D eigenvalue weighted by Gasteiger charge is 2.22. The first-order chi connectivity index (χ1) is 6.77. The number of allylic oxidation sites excluding steroid dienone is 2. The number of rotatable bonds is 1. The molecule has 1 heteroatoms. The summed E-state index contributed by atoms with van der Waals surface area (Å²) in [6.07, 6.45) is 4.38. The van der Waals surface area contributed by atoms with Crippen molar-refractivity contribution in [3.8, 4) is 0 Å². The Bertz CT molecular complexity index is 351. The Balaban J connectivity index is 2.27. The standard InChI is InChI=1S/C13H14O/c1-10-7-8-12(14)9-13(10)11-5-3-2-4-6-11/h2-8,10,13H,9H2,1H3. The highest BCUT2D eigenvalue weighted by Crippen LogP contribution is 2.31. The Morgan fingerprint density at radius 2 is 1.93 bits per heavy atom. The number of hydrogen-bond acceptors (Lipinski definition) is 1. The molecule has 0 bridgehead atoms. The first-order valence-electron chi connectivity index (χ1n) is 5.03. The summed E-state index contributed by atoms with van der Waals surface area (Å²) >= 11 is 0. The lowest BCUT2D eigenvalue weighted by atomic mass is 9.80. The lowest BCUT2D eigenvalue weighted by molar-refractivity contribution is -0.115. The second kappa shape index (κ2) is 3.79. The minimum absolute atomic E-state index is 0.247. The zero-order valence-electron chi connectivity index (χ0n) is 8.31. The van der Waals surface area contributed by atoms with Crippen molar-refractivity contribution in [1.29, 1.82) is 0 Å². The first kappa shape index (κ1) is 9.20. The van der Waals surface area contributed by atoms with Gasteiger partial charge in [-0.3, -0.25) is 4.79 Å². The Morgan fingerprint density at radius 1 is 1.21 bits per heavy atom. The largest absolute Gasteiger partial charge is 0.295 e. The van der Waals surface area contributed by atoms with E-state index in [1.165, 1.54) is 5.56 Å². The third-order valence-electron chi connectivity index (χ3n) is 2.87. The van der Waals surface area contributed by atoms with Crippen LogP contribution in [0.15, 0.2) is 42.5 Å². The number of hydrogen-bond donors (Lipinski definition) is 0. The summed E-state index contributed by atoms with van der Waals surface area (Å²) in [5, 5.41) is 0. The molecule has 0 amide bonds. The molecule has 1 aliphatic carbocycles. The second-order valence-electron chi connectivity index (χ2n) is 3.91. The fraction of sp³-hybridized carbons (Fsp3) is 0.308. The van der Waals surface area contributed by atoms with Crippen LogP contribution < -0.4 is 0 Å². The molecule has 0 fully saturated rings. The van der Waals surface area contributed by atoms with Crippen molar-refractivity contribution >= 4 is 5.78 Å². The minimum atomic E-state index is 0.247. The van der Waals surface area contributed by atoms with Gasteiger partial charge in [-0.15, -0.1) is 0 Å². The van der Waals surface area contributed by atoms with Crippen LogP contribution in [0.5, 0.6) is 0 Å². The summed E-state index contributed by atoms with van der Waals surface area (Å²) in [5.74, 6) is 1.08. The average molecular weight is 186 g/mol. The van der Waals surface area contributed by atoms with Crippen molar-refractivity contribution in [2.24, 2.45) is 5.92 Å². The van der Waals surface area contributed by atoms with E-state index in [0.717, 1.165) is 0 Å². The molecule has 0 saturated carbocycles. The Hall–Kier alpha value is -1.37. The summed E-state index contributed by atoms with van der Waals surface area (Å²) in [4.78, 5) is 11.3. The highest BCUT2D eigenvalue weighted by molar-refractivity contribution is 5.91. The molecular weight excluding hydrogens is 172 g/mol. The third-order valence-corrected chi connectivity index (χ3v) is 2.87. The predicted molar refractivity (Wildman–Crippen MR) is 57.1 cm³/mol. The molecule has 0 aromatic heterocycles. The SMILES string of the molecule is CC1C=CC(=O)CC1c1ccccc1. The van der Waals surface area contributed by atoms with Crippen molar-refractivity contribution in [3.05, 3.63) is 48.0 Å². The van der Waals surface area contributed by atoms with Gasteiger partial charge >= 0.3 is 0 Å². The monoisotopic (exact) mass is 186 g/mol. The van der Waals surface area contributed by atoms with Gasteiger partial charge in [-0.1, -0.05) is 43.3 Å². The van der Waals surface area contributed by atoms with Gasteiger partial charge in [-0.2, -0.15) is 0 Å². The van der Waals surface area contributed by atoms with Crippen LogP contribution in [0.4, 0.5) is 0 Å². The average Bonchev–Trinajstić information content (AvgIpc) is 2.23. The van der Waals surface area contributed by atoms with Crippen LogP contribution in [0.1, 0.15) is 24.8 Å². The Labute approximate surface area is 84.5 Å². The minimum Gasteiger partial charge on any atom is -0.295 e. The van der Waals surface area contributed by atoms with Crippen LogP contribution in [0, 0.1) is 5.92 Å². The van der Waals surface area contributed by atoms with Crippen molar-refractivity contribution in [2.45, 2.75) is 19.3 Å². The molecule has 14 heavy (non-hydrogen) atoms. The maximum Gasteiger partial charge on any atom is 0.156 e. The number of ketones is 1. The molecule has 2 atom stereocenters. The number of carbonyl (C=O) groups excluding carboxylic acids is 1. The molecule has 2 unspecified atom stereocenters. The van der Waals surface area contributed by atoms with Crippen molar-refractivity contribution < 1.29 is 4.79 Å². The Kier molecular flexibility index (Phi) is 2.49. The van der Waals surface area contributed by atoms with Crippen LogP contribution in [0.2, 0.25) is 0 Å². The molecular formula is C13H14O. The molecule has 2 rings (SSSR count). The van der Waals surface area contributed by atoms with Gasteiger partial charge in [0.2, 0.25) is 0 Å². The van der Waals surface area contributed by atoms with Crippen LogP contribution in [-0.4, -0.2) is 5.78 Å². The van der Waals surface area contributed by atoms with E-state index in [2.05, 4.69) is 19.1 Å². The van der Waals surface area contributed by atoms with Gasteiger partial charge in [-0.05, 0) is 23.5 Å². The van der Waals surface area contributed by atoms with Crippen LogP contribution >= 0.6 is 0 Å². The van der Waals surface area contributed by atoms with Gasteiger partial charge in [0.05, 0.1) is 0 Å². The zero-order valence-corrected chi connectivity index (χ0v) is 8.31. The maximum atomic E-state index is 11.3. The summed E-state index contributed by atoms with van der Waals surface area (Å²) < 4.78 is 0. The maximum absolute atomic E-state index is 11.3. The van der Waals surface area contributed by atoms with Gasteiger partial charge in [0.1, 0.15) is 0 Å². The smallest absolute Gasteiger partial charge is 0.156 e. The van der Waals surface area contributed by atoms with Crippen LogP contribution in [0.3, 0.4) is 0 Å². The molecule has 0 radical (unpaired) electrons. The predicted octanol–water partition coefficient (Wildman–Crippen LogP) is 2.94. The quantitative estimate of drug-likeness (QED) is 0.659. The summed E-state index contributed by atoms with van der Waals surface area (Å²) in [5.41, 5.74) is 1.28. The van der Waals surface area contributed by atoms with Crippen LogP contribution in [0.25, 0.3) is 0 Å². The van der Waals surface area contributed by atoms with Gasteiger partial charge in [-0.25, -0.2) is 0 Å². The third kappa shape index (κ3) is 1.77. The van der Waals surface area contributed by atoms with E-state index in [1.54, 1.807) is 6.08 Å². The van der Waals surface area contributed by atoms with E-state index in [-0.39, 0.29) is 5.78 Å². The zero-order chi connectivity index (χ0) is 9.97. The summed E-state index contributed by atoms with van der Waals surface area (Å²) in [6, 6.07) is 10.3. The lowest BCUT2D eigenvalue weighted by Crippen LogP contribution is -2.16.